The molecule has 3 fully saturated rings. The van der Waals surface area contributed by atoms with E-state index in [-0.39, 0.29) is 44.6 Å². The number of amides is 2. The highest BCUT2D eigenvalue weighted by Gasteiger charge is 2.67. The first kappa shape index (κ1) is 29.8. The Balaban J connectivity index is 1.57. The lowest BCUT2D eigenvalue weighted by Crippen LogP contribution is -2.65. The lowest BCUT2D eigenvalue weighted by Gasteiger charge is -2.70. The second-order valence-electron chi connectivity index (χ2n) is 15.2. The molecule has 0 aromatic carbocycles. The van der Waals surface area contributed by atoms with Gasteiger partial charge in [0.05, 0.1) is 0 Å². The van der Waals surface area contributed by atoms with Crippen LogP contribution in [0.25, 0.3) is 0 Å². The number of rotatable bonds is 3. The third-order valence-corrected chi connectivity index (χ3v) is 12.8. The molecule has 0 aromatic rings. The van der Waals surface area contributed by atoms with Crippen LogP contribution in [-0.4, -0.2) is 58.7 Å². The van der Waals surface area contributed by atoms with Crippen molar-refractivity contribution >= 4 is 17.6 Å². The third kappa shape index (κ3) is 3.98. The molecule has 6 heteroatoms. The summed E-state index contributed by atoms with van der Waals surface area (Å²) in [4.78, 5) is 42.5. The number of allylic oxidation sites excluding steroid dienone is 7. The Hall–Kier alpha value is -2.63. The van der Waals surface area contributed by atoms with Crippen LogP contribution in [0.1, 0.15) is 99.8 Å². The van der Waals surface area contributed by atoms with E-state index in [0.717, 1.165) is 62.5 Å². The summed E-state index contributed by atoms with van der Waals surface area (Å²) in [6, 6.07) is 0. The number of ketones is 1. The first-order valence-electron chi connectivity index (χ1n) is 15.6. The fraction of sp³-hybridized carbons (Fsp3) is 0.686. The van der Waals surface area contributed by atoms with Crippen LogP contribution < -0.4 is 0 Å². The van der Waals surface area contributed by atoms with Crippen LogP contribution in [0.5, 0.6) is 0 Å². The molecule has 5 rings (SSSR count). The summed E-state index contributed by atoms with van der Waals surface area (Å²) in [7, 11) is 3.31. The summed E-state index contributed by atoms with van der Waals surface area (Å²) in [5.41, 5.74) is 3.59. The molecule has 224 valence electrons. The lowest BCUT2D eigenvalue weighted by atomic mass is 9.35. The van der Waals surface area contributed by atoms with E-state index in [1.165, 1.54) is 10.5 Å². The average molecular weight is 563 g/mol. The van der Waals surface area contributed by atoms with Crippen molar-refractivity contribution in [1.29, 1.82) is 0 Å². The number of nitrogens with zero attached hydrogens (tertiary/aromatic N) is 2. The molecule has 0 radical (unpaired) electrons. The zero-order valence-corrected chi connectivity index (χ0v) is 26.7. The Morgan fingerprint density at radius 1 is 0.951 bits per heavy atom. The van der Waals surface area contributed by atoms with Crippen molar-refractivity contribution in [2.45, 2.75) is 105 Å². The van der Waals surface area contributed by atoms with E-state index in [9.17, 15) is 19.5 Å². The highest BCUT2D eigenvalue weighted by atomic mass is 16.3. The predicted molar refractivity (Wildman–Crippen MR) is 162 cm³/mol. The predicted octanol–water partition coefficient (Wildman–Crippen LogP) is 6.69. The topological polar surface area (TPSA) is 77.9 Å². The van der Waals surface area contributed by atoms with E-state index in [0.29, 0.717) is 18.0 Å². The van der Waals surface area contributed by atoms with Crippen LogP contribution in [0.4, 0.5) is 0 Å². The van der Waals surface area contributed by atoms with Gasteiger partial charge in [-0.3, -0.25) is 14.4 Å². The number of aliphatic hydroxyl groups is 1. The van der Waals surface area contributed by atoms with Crippen molar-refractivity contribution in [3.63, 3.8) is 0 Å². The molecule has 3 saturated carbocycles. The average Bonchev–Trinajstić information content (AvgIpc) is 2.92. The summed E-state index contributed by atoms with van der Waals surface area (Å²) >= 11 is 0. The first-order chi connectivity index (χ1) is 19.0. The molecule has 0 aliphatic heterocycles. The van der Waals surface area contributed by atoms with E-state index >= 15 is 0 Å². The minimum absolute atomic E-state index is 0.00286. The highest BCUT2D eigenvalue weighted by molar-refractivity contribution is 6.34. The van der Waals surface area contributed by atoms with Crippen LogP contribution >= 0.6 is 0 Å². The number of aliphatic hydroxyl groups excluding tert-OH is 1. The van der Waals surface area contributed by atoms with Crippen LogP contribution in [0.3, 0.4) is 0 Å². The van der Waals surface area contributed by atoms with Crippen LogP contribution in [0.2, 0.25) is 0 Å². The van der Waals surface area contributed by atoms with Crippen molar-refractivity contribution in [3.8, 4) is 0 Å². The number of likely N-dealkylation sites (N-methyl/N-ethyl adjacent to an activating group) is 1. The molecule has 0 bridgehead atoms. The van der Waals surface area contributed by atoms with Gasteiger partial charge in [0, 0.05) is 37.2 Å². The molecular weight excluding hydrogens is 512 g/mol. The van der Waals surface area contributed by atoms with Crippen molar-refractivity contribution in [1.82, 2.24) is 9.80 Å². The van der Waals surface area contributed by atoms with Gasteiger partial charge in [-0.15, -0.1) is 0 Å². The maximum absolute atomic E-state index is 13.5. The van der Waals surface area contributed by atoms with Gasteiger partial charge in [-0.2, -0.15) is 0 Å². The molecule has 0 spiro atoms. The molecule has 6 nitrogen and oxygen atoms in total. The Morgan fingerprint density at radius 2 is 1.61 bits per heavy atom. The van der Waals surface area contributed by atoms with Gasteiger partial charge in [-0.1, -0.05) is 52.3 Å². The molecule has 5 aliphatic rings. The lowest BCUT2D eigenvalue weighted by molar-refractivity contribution is -0.175. The summed E-state index contributed by atoms with van der Waals surface area (Å²) in [5, 5.41) is 10.4. The fourth-order valence-corrected chi connectivity index (χ4v) is 9.83. The fourth-order valence-electron chi connectivity index (χ4n) is 9.83. The number of hydrogen-bond acceptors (Lipinski definition) is 4. The smallest absolute Gasteiger partial charge is 0.312 e. The van der Waals surface area contributed by atoms with E-state index in [2.05, 4.69) is 53.7 Å². The first-order valence-corrected chi connectivity index (χ1v) is 15.6. The van der Waals surface area contributed by atoms with Crippen LogP contribution in [-0.2, 0) is 14.4 Å². The second-order valence-corrected chi connectivity index (χ2v) is 15.2. The molecule has 0 aromatic heterocycles. The highest BCUT2D eigenvalue weighted by Crippen LogP contribution is 2.75. The van der Waals surface area contributed by atoms with E-state index in [1.807, 2.05) is 11.8 Å². The molecular formula is C35H50N2O4. The van der Waals surface area contributed by atoms with Gasteiger partial charge in [0.25, 0.3) is 0 Å². The Bertz CT molecular complexity index is 1340. The van der Waals surface area contributed by atoms with Crippen molar-refractivity contribution in [2.24, 2.45) is 27.6 Å². The molecule has 5 aliphatic carbocycles. The summed E-state index contributed by atoms with van der Waals surface area (Å²) in [5.74, 6) is -0.862. The monoisotopic (exact) mass is 562 g/mol. The molecule has 41 heavy (non-hydrogen) atoms. The van der Waals surface area contributed by atoms with Gasteiger partial charge >= 0.3 is 11.8 Å². The Labute approximate surface area is 246 Å². The van der Waals surface area contributed by atoms with Crippen molar-refractivity contribution < 1.29 is 19.5 Å². The quantitative estimate of drug-likeness (QED) is 0.389. The number of carbonyl (C=O) groups excluding carboxylic acids is 3. The van der Waals surface area contributed by atoms with E-state index in [4.69, 9.17) is 0 Å². The third-order valence-electron chi connectivity index (χ3n) is 12.8. The van der Waals surface area contributed by atoms with Gasteiger partial charge in [0.1, 0.15) is 0 Å². The minimum Gasteiger partial charge on any atom is -0.504 e. The molecule has 0 heterocycles. The summed E-state index contributed by atoms with van der Waals surface area (Å²) < 4.78 is 0. The SMILES string of the molecule is CCCN(C(=O)C(=O)N(C)C)[C@]1(C)CC[C@]2(C)CC[C@]3(C)C4=CC=C5C(=CC(=O)C(O)=C5C)[C@]4(C)CC[C@@]3(C)C2C1. The summed E-state index contributed by atoms with van der Waals surface area (Å²) in [6.07, 6.45) is 14.0. The zero-order valence-electron chi connectivity index (χ0n) is 26.7. The van der Waals surface area contributed by atoms with Crippen LogP contribution in [0, 0.1) is 27.6 Å². The van der Waals surface area contributed by atoms with E-state index in [1.54, 1.807) is 20.2 Å². The molecule has 1 N–H and O–H groups in total. The minimum atomic E-state index is -0.443. The van der Waals surface area contributed by atoms with Crippen molar-refractivity contribution in [2.75, 3.05) is 20.6 Å². The zero-order chi connectivity index (χ0) is 30.3. The second kappa shape index (κ2) is 9.44. The number of hydrogen-bond donors (Lipinski definition) is 1. The van der Waals surface area contributed by atoms with Gasteiger partial charge in [0.2, 0.25) is 5.78 Å². The van der Waals surface area contributed by atoms with Crippen LogP contribution in [0.15, 0.2) is 46.3 Å². The molecule has 2 amide bonds. The normalized spacial score (nSPS) is 39.8. The van der Waals surface area contributed by atoms with Gasteiger partial charge < -0.3 is 14.9 Å². The van der Waals surface area contributed by atoms with Gasteiger partial charge in [-0.05, 0) is 105 Å². The van der Waals surface area contributed by atoms with Gasteiger partial charge in [0.15, 0.2) is 5.76 Å². The maximum Gasteiger partial charge on any atom is 0.312 e. The Kier molecular flexibility index (Phi) is 6.87. The largest absolute Gasteiger partial charge is 0.504 e. The standard InChI is InChI=1S/C35H50N2O4/c1-10-19-37(30(41)29(40)36(8)9)32(4)15-13-31(3)14-17-34(6)26-12-11-23-22(2)28(39)25(38)20-24(23)33(26,5)16-18-35(34,7)27(31)21-32/h11-12,20,27,39H,10,13-19,21H2,1-9H3/t27?,31-,32-,33+,34-,35+/m1/s1. The summed E-state index contributed by atoms with van der Waals surface area (Å²) in [6.45, 7) is 16.5. The van der Waals surface area contributed by atoms with Gasteiger partial charge in [-0.25, -0.2) is 0 Å². The maximum atomic E-state index is 13.5. The van der Waals surface area contributed by atoms with E-state index < -0.39 is 5.91 Å². The molecule has 1 unspecified atom stereocenters. The molecule has 6 atom stereocenters. The Morgan fingerprint density at radius 3 is 2.24 bits per heavy atom. The number of fused-ring (bicyclic) bond motifs is 7. The van der Waals surface area contributed by atoms with Crippen molar-refractivity contribution in [3.05, 3.63) is 46.3 Å². The molecule has 0 saturated heterocycles. The number of carbonyl (C=O) groups is 3.